The highest BCUT2D eigenvalue weighted by molar-refractivity contribution is 5.96. The van der Waals surface area contributed by atoms with Crippen LogP contribution >= 0.6 is 0 Å². The molecule has 4 rings (SSSR count). The Labute approximate surface area is 163 Å². The second kappa shape index (κ2) is 6.78. The number of hydrogen-bond acceptors (Lipinski definition) is 4. The molecule has 28 heavy (non-hydrogen) atoms. The van der Waals surface area contributed by atoms with Crippen molar-refractivity contribution in [2.24, 2.45) is 0 Å². The maximum absolute atomic E-state index is 12.9. The summed E-state index contributed by atoms with van der Waals surface area (Å²) in [6, 6.07) is 14.8. The molecule has 0 aliphatic carbocycles. The van der Waals surface area contributed by atoms with Gasteiger partial charge in [0.2, 0.25) is 0 Å². The van der Waals surface area contributed by atoms with E-state index in [2.05, 4.69) is 0 Å². The fourth-order valence-corrected chi connectivity index (χ4v) is 3.93. The van der Waals surface area contributed by atoms with E-state index in [-0.39, 0.29) is 17.8 Å². The van der Waals surface area contributed by atoms with Crippen molar-refractivity contribution in [3.63, 3.8) is 0 Å². The highest BCUT2D eigenvalue weighted by Gasteiger charge is 2.49. The van der Waals surface area contributed by atoms with Gasteiger partial charge in [0.15, 0.2) is 11.4 Å². The number of Topliss-reactive ketones (excluding diaryl/α,β-unsaturated/α-hetero) is 1. The fourth-order valence-electron chi connectivity index (χ4n) is 3.93. The van der Waals surface area contributed by atoms with E-state index in [1.165, 1.54) is 0 Å². The number of carbonyl (C=O) groups excluding carboxylic acids is 3. The van der Waals surface area contributed by atoms with E-state index in [9.17, 15) is 14.4 Å². The molecule has 0 bridgehead atoms. The highest BCUT2D eigenvalue weighted by Crippen LogP contribution is 2.32. The Morgan fingerprint density at radius 2 is 1.75 bits per heavy atom. The van der Waals surface area contributed by atoms with E-state index in [0.29, 0.717) is 37.2 Å². The summed E-state index contributed by atoms with van der Waals surface area (Å²) in [5.74, 6) is -0.0404. The minimum absolute atomic E-state index is 0.0230. The van der Waals surface area contributed by atoms with Gasteiger partial charge in [-0.25, -0.2) is 4.79 Å². The number of nitrogens with zero attached hydrogens (tertiary/aromatic N) is 2. The topological polar surface area (TPSA) is 66.9 Å². The molecule has 0 saturated carbocycles. The molecule has 2 heterocycles. The van der Waals surface area contributed by atoms with Gasteiger partial charge in [-0.2, -0.15) is 0 Å². The van der Waals surface area contributed by atoms with Gasteiger partial charge < -0.3 is 14.5 Å². The Hall–Kier alpha value is -3.15. The molecule has 2 aliphatic rings. The first-order valence-electron chi connectivity index (χ1n) is 9.32. The van der Waals surface area contributed by atoms with Crippen LogP contribution in [0.4, 0.5) is 4.79 Å². The average Bonchev–Trinajstić information content (AvgIpc) is 3.23. The van der Waals surface area contributed by atoms with Crippen molar-refractivity contribution in [3.8, 4) is 11.1 Å². The predicted octanol–water partition coefficient (Wildman–Crippen LogP) is 3.22. The molecule has 0 N–H and O–H groups in total. The number of likely N-dealkylation sites (tertiary alicyclic amines) is 1. The van der Waals surface area contributed by atoms with E-state index in [1.807, 2.05) is 30.3 Å². The molecule has 2 fully saturated rings. The Bertz CT molecular complexity index is 953. The first kappa shape index (κ1) is 18.2. The largest absolute Gasteiger partial charge is 0.439 e. The van der Waals surface area contributed by atoms with Gasteiger partial charge in [0.1, 0.15) is 0 Å². The lowest BCUT2D eigenvalue weighted by Crippen LogP contribution is -2.39. The van der Waals surface area contributed by atoms with Crippen molar-refractivity contribution in [1.82, 2.24) is 9.80 Å². The second-order valence-electron chi connectivity index (χ2n) is 7.60. The zero-order chi connectivity index (χ0) is 19.9. The summed E-state index contributed by atoms with van der Waals surface area (Å²) in [4.78, 5) is 39.5. The van der Waals surface area contributed by atoms with Gasteiger partial charge in [-0.15, -0.1) is 0 Å². The Morgan fingerprint density at radius 1 is 1.00 bits per heavy atom. The van der Waals surface area contributed by atoms with Crippen molar-refractivity contribution in [2.45, 2.75) is 18.9 Å². The molecule has 144 valence electrons. The molecule has 2 amide bonds. The minimum atomic E-state index is -0.575. The second-order valence-corrected chi connectivity index (χ2v) is 7.60. The number of carbonyl (C=O) groups is 3. The monoisotopic (exact) mass is 378 g/mol. The smallest absolute Gasteiger partial charge is 0.410 e. The standard InChI is InChI=1S/C22H22N2O4/c1-15(25)18-4-3-5-19(12-18)16-6-8-17(9-7-16)20(26)24-11-10-22(14-24)13-23(2)21(27)28-22/h3-9,12H,10-11,13-14H2,1-2H3. The summed E-state index contributed by atoms with van der Waals surface area (Å²) in [6.45, 7) is 3.05. The van der Waals surface area contributed by atoms with Crippen LogP contribution in [-0.2, 0) is 4.74 Å². The Kier molecular flexibility index (Phi) is 4.41. The number of ether oxygens (including phenoxy) is 1. The van der Waals surface area contributed by atoms with Crippen LogP contribution in [0.1, 0.15) is 34.1 Å². The first-order valence-corrected chi connectivity index (χ1v) is 9.32. The third kappa shape index (κ3) is 3.26. The molecule has 1 spiro atoms. The molecule has 2 aliphatic heterocycles. The summed E-state index contributed by atoms with van der Waals surface area (Å²) in [5, 5.41) is 0. The molecule has 0 aromatic heterocycles. The van der Waals surface area contributed by atoms with Gasteiger partial charge in [0.05, 0.1) is 13.1 Å². The molecule has 2 aromatic carbocycles. The maximum Gasteiger partial charge on any atom is 0.410 e. The number of benzene rings is 2. The summed E-state index contributed by atoms with van der Waals surface area (Å²) in [6.07, 6.45) is 0.330. The summed E-state index contributed by atoms with van der Waals surface area (Å²) >= 11 is 0. The van der Waals surface area contributed by atoms with Crippen molar-refractivity contribution in [2.75, 3.05) is 26.7 Å². The van der Waals surface area contributed by atoms with Crippen LogP contribution in [0.2, 0.25) is 0 Å². The summed E-state index contributed by atoms with van der Waals surface area (Å²) < 4.78 is 5.51. The van der Waals surface area contributed by atoms with Crippen LogP contribution in [0.25, 0.3) is 11.1 Å². The number of hydrogen-bond donors (Lipinski definition) is 0. The van der Waals surface area contributed by atoms with E-state index >= 15 is 0 Å². The Morgan fingerprint density at radius 3 is 2.39 bits per heavy atom. The van der Waals surface area contributed by atoms with Gasteiger partial charge in [0, 0.05) is 31.1 Å². The van der Waals surface area contributed by atoms with E-state index in [0.717, 1.165) is 11.1 Å². The minimum Gasteiger partial charge on any atom is -0.439 e. The van der Waals surface area contributed by atoms with Gasteiger partial charge in [-0.3, -0.25) is 9.59 Å². The zero-order valence-corrected chi connectivity index (χ0v) is 16.0. The first-order chi connectivity index (χ1) is 13.4. The lowest BCUT2D eigenvalue weighted by molar-refractivity contribution is 0.0553. The van der Waals surface area contributed by atoms with Gasteiger partial charge in [-0.05, 0) is 36.2 Å². The molecule has 0 radical (unpaired) electrons. The fraction of sp³-hybridized carbons (Fsp3) is 0.318. The molecule has 2 saturated heterocycles. The third-order valence-corrected chi connectivity index (χ3v) is 5.48. The summed E-state index contributed by atoms with van der Waals surface area (Å²) in [5.41, 5.74) is 2.57. The quantitative estimate of drug-likeness (QED) is 0.769. The van der Waals surface area contributed by atoms with Crippen molar-refractivity contribution < 1.29 is 19.1 Å². The SMILES string of the molecule is CC(=O)c1cccc(-c2ccc(C(=O)N3CCC4(CN(C)C(=O)O4)C3)cc2)c1. The van der Waals surface area contributed by atoms with Crippen LogP contribution in [-0.4, -0.2) is 59.9 Å². The number of amides is 2. The van der Waals surface area contributed by atoms with E-state index in [4.69, 9.17) is 4.74 Å². The Balaban J connectivity index is 1.49. The third-order valence-electron chi connectivity index (χ3n) is 5.48. The van der Waals surface area contributed by atoms with Crippen LogP contribution in [0.5, 0.6) is 0 Å². The van der Waals surface area contributed by atoms with Crippen LogP contribution in [0.3, 0.4) is 0 Å². The average molecular weight is 378 g/mol. The number of ketones is 1. The summed E-state index contributed by atoms with van der Waals surface area (Å²) in [7, 11) is 1.71. The molecule has 6 heteroatoms. The van der Waals surface area contributed by atoms with E-state index < -0.39 is 5.60 Å². The van der Waals surface area contributed by atoms with Gasteiger partial charge in [-0.1, -0.05) is 30.3 Å². The maximum atomic E-state index is 12.9. The lowest BCUT2D eigenvalue weighted by Gasteiger charge is -2.21. The van der Waals surface area contributed by atoms with Crippen molar-refractivity contribution >= 4 is 17.8 Å². The van der Waals surface area contributed by atoms with Gasteiger partial charge >= 0.3 is 6.09 Å². The van der Waals surface area contributed by atoms with Crippen LogP contribution in [0.15, 0.2) is 48.5 Å². The van der Waals surface area contributed by atoms with Gasteiger partial charge in [0.25, 0.3) is 5.91 Å². The van der Waals surface area contributed by atoms with Crippen LogP contribution < -0.4 is 0 Å². The highest BCUT2D eigenvalue weighted by atomic mass is 16.6. The van der Waals surface area contributed by atoms with Crippen molar-refractivity contribution in [3.05, 3.63) is 59.7 Å². The molecule has 2 aromatic rings. The molecule has 1 unspecified atom stereocenters. The predicted molar refractivity (Wildman–Crippen MR) is 104 cm³/mol. The number of likely N-dealkylation sites (N-methyl/N-ethyl adjacent to an activating group) is 1. The molecule has 6 nitrogen and oxygen atoms in total. The number of rotatable bonds is 3. The lowest BCUT2D eigenvalue weighted by atomic mass is 10.0. The van der Waals surface area contributed by atoms with E-state index in [1.54, 1.807) is 42.0 Å². The normalized spacial score (nSPS) is 21.3. The zero-order valence-electron chi connectivity index (χ0n) is 16.0. The van der Waals surface area contributed by atoms with Crippen LogP contribution in [0, 0.1) is 0 Å². The molecule has 1 atom stereocenters. The van der Waals surface area contributed by atoms with Crippen molar-refractivity contribution in [1.29, 1.82) is 0 Å². The molecular weight excluding hydrogens is 356 g/mol. The molecular formula is C22H22N2O4.